The van der Waals surface area contributed by atoms with Crippen molar-refractivity contribution in [1.29, 1.82) is 0 Å². The molecule has 1 aliphatic heterocycles. The molecule has 4 heteroatoms. The lowest BCUT2D eigenvalue weighted by Gasteiger charge is -2.42. The summed E-state index contributed by atoms with van der Waals surface area (Å²) in [5.41, 5.74) is 0.215. The molecule has 1 saturated heterocycles. The Kier molecular flexibility index (Phi) is 4.27. The third-order valence-electron chi connectivity index (χ3n) is 4.88. The molecule has 1 aromatic carbocycles. The van der Waals surface area contributed by atoms with Gasteiger partial charge in [0.05, 0.1) is 0 Å². The Morgan fingerprint density at radius 1 is 1.24 bits per heavy atom. The molecule has 0 aromatic heterocycles. The van der Waals surface area contributed by atoms with Crippen LogP contribution in [0.3, 0.4) is 0 Å². The average molecular weight is 294 g/mol. The number of nitrogens with one attached hydrogen (secondary N) is 1. The summed E-state index contributed by atoms with van der Waals surface area (Å²) in [5.74, 6) is 0.368. The molecular formula is C17H24F2N2. The fourth-order valence-electron chi connectivity index (χ4n) is 3.31. The number of hydrogen-bond acceptors (Lipinski definition) is 2. The highest BCUT2D eigenvalue weighted by Gasteiger charge is 2.39. The van der Waals surface area contributed by atoms with E-state index in [1.807, 2.05) is 0 Å². The van der Waals surface area contributed by atoms with Crippen molar-refractivity contribution in [3.8, 4) is 0 Å². The van der Waals surface area contributed by atoms with Crippen molar-refractivity contribution in [3.05, 3.63) is 35.4 Å². The van der Waals surface area contributed by atoms with Crippen LogP contribution in [0.5, 0.6) is 0 Å². The molecular weight excluding hydrogens is 270 g/mol. The highest BCUT2D eigenvalue weighted by atomic mass is 19.1. The zero-order valence-electron chi connectivity index (χ0n) is 12.8. The van der Waals surface area contributed by atoms with Gasteiger partial charge in [0, 0.05) is 37.3 Å². The minimum atomic E-state index is -0.427. The predicted molar refractivity (Wildman–Crippen MR) is 79.9 cm³/mol. The molecule has 2 atom stereocenters. The topological polar surface area (TPSA) is 15.3 Å². The first kappa shape index (κ1) is 14.9. The van der Waals surface area contributed by atoms with Crippen LogP contribution in [-0.4, -0.2) is 30.1 Å². The SMILES string of the molecule is CC(C)C1CN(Cc2c(F)cccc2F)C(C2CC2)CN1. The van der Waals surface area contributed by atoms with E-state index >= 15 is 0 Å². The van der Waals surface area contributed by atoms with Crippen molar-refractivity contribution >= 4 is 0 Å². The zero-order chi connectivity index (χ0) is 15.0. The van der Waals surface area contributed by atoms with Gasteiger partial charge in [-0.05, 0) is 36.8 Å². The molecule has 1 N–H and O–H groups in total. The predicted octanol–water partition coefficient (Wildman–Crippen LogP) is 3.17. The second kappa shape index (κ2) is 6.01. The van der Waals surface area contributed by atoms with E-state index in [0.29, 0.717) is 30.5 Å². The van der Waals surface area contributed by atoms with Crippen molar-refractivity contribution in [2.45, 2.75) is 45.3 Å². The molecule has 0 amide bonds. The van der Waals surface area contributed by atoms with Crippen LogP contribution < -0.4 is 5.32 Å². The monoisotopic (exact) mass is 294 g/mol. The van der Waals surface area contributed by atoms with Crippen LogP contribution in [0.1, 0.15) is 32.3 Å². The maximum atomic E-state index is 13.9. The summed E-state index contributed by atoms with van der Waals surface area (Å²) in [6.07, 6.45) is 2.49. The van der Waals surface area contributed by atoms with E-state index in [1.54, 1.807) is 0 Å². The van der Waals surface area contributed by atoms with Gasteiger partial charge in [-0.15, -0.1) is 0 Å². The van der Waals surface area contributed by atoms with E-state index in [0.717, 1.165) is 13.1 Å². The molecule has 0 radical (unpaired) electrons. The minimum absolute atomic E-state index is 0.215. The zero-order valence-corrected chi connectivity index (χ0v) is 12.8. The van der Waals surface area contributed by atoms with E-state index in [2.05, 4.69) is 24.1 Å². The number of benzene rings is 1. The molecule has 1 saturated carbocycles. The second-order valence-corrected chi connectivity index (χ2v) is 6.79. The number of rotatable bonds is 4. The van der Waals surface area contributed by atoms with Crippen LogP contribution in [0.4, 0.5) is 8.78 Å². The van der Waals surface area contributed by atoms with Crippen molar-refractivity contribution in [3.63, 3.8) is 0 Å². The quantitative estimate of drug-likeness (QED) is 0.917. The molecule has 2 unspecified atom stereocenters. The third kappa shape index (κ3) is 3.27. The van der Waals surface area contributed by atoms with Gasteiger partial charge in [0.2, 0.25) is 0 Å². The molecule has 2 fully saturated rings. The van der Waals surface area contributed by atoms with Gasteiger partial charge in [-0.25, -0.2) is 8.78 Å². The molecule has 0 bridgehead atoms. The standard InChI is InChI=1S/C17H24F2N2/c1-11(2)16-10-21(17(8-20-16)12-6-7-12)9-13-14(18)4-3-5-15(13)19/h3-5,11-12,16-17,20H,6-10H2,1-2H3. The summed E-state index contributed by atoms with van der Waals surface area (Å²) >= 11 is 0. The highest BCUT2D eigenvalue weighted by molar-refractivity contribution is 5.20. The van der Waals surface area contributed by atoms with Gasteiger partial charge in [-0.3, -0.25) is 4.90 Å². The highest BCUT2D eigenvalue weighted by Crippen LogP contribution is 2.37. The van der Waals surface area contributed by atoms with Gasteiger partial charge in [0.1, 0.15) is 11.6 Å². The average Bonchev–Trinajstić information content (AvgIpc) is 3.27. The van der Waals surface area contributed by atoms with Gasteiger partial charge in [-0.2, -0.15) is 0 Å². The maximum Gasteiger partial charge on any atom is 0.130 e. The van der Waals surface area contributed by atoms with E-state index in [4.69, 9.17) is 0 Å². The Labute approximate surface area is 125 Å². The largest absolute Gasteiger partial charge is 0.311 e. The lowest BCUT2D eigenvalue weighted by molar-refractivity contribution is 0.0903. The molecule has 21 heavy (non-hydrogen) atoms. The van der Waals surface area contributed by atoms with E-state index in [1.165, 1.54) is 31.0 Å². The summed E-state index contributed by atoms with van der Waals surface area (Å²) < 4.78 is 27.8. The van der Waals surface area contributed by atoms with Crippen LogP contribution in [0.15, 0.2) is 18.2 Å². The lowest BCUT2D eigenvalue weighted by Crippen LogP contribution is -2.58. The summed E-state index contributed by atoms with van der Waals surface area (Å²) in [7, 11) is 0. The molecule has 2 aliphatic rings. The smallest absolute Gasteiger partial charge is 0.130 e. The van der Waals surface area contributed by atoms with Gasteiger partial charge < -0.3 is 5.32 Å². The van der Waals surface area contributed by atoms with E-state index < -0.39 is 11.6 Å². The number of hydrogen-bond donors (Lipinski definition) is 1. The van der Waals surface area contributed by atoms with Gasteiger partial charge in [0.15, 0.2) is 0 Å². The molecule has 2 nitrogen and oxygen atoms in total. The van der Waals surface area contributed by atoms with E-state index in [9.17, 15) is 8.78 Å². The van der Waals surface area contributed by atoms with Crippen LogP contribution >= 0.6 is 0 Å². The van der Waals surface area contributed by atoms with Crippen molar-refractivity contribution in [2.75, 3.05) is 13.1 Å². The van der Waals surface area contributed by atoms with Crippen LogP contribution in [-0.2, 0) is 6.54 Å². The summed E-state index contributed by atoms with van der Waals surface area (Å²) in [6.45, 7) is 6.56. The lowest BCUT2D eigenvalue weighted by atomic mass is 9.97. The number of piperazine rings is 1. The molecule has 116 valence electrons. The molecule has 3 rings (SSSR count). The third-order valence-corrected chi connectivity index (χ3v) is 4.88. The first-order chi connectivity index (χ1) is 10.1. The van der Waals surface area contributed by atoms with Crippen molar-refractivity contribution < 1.29 is 8.78 Å². The van der Waals surface area contributed by atoms with Gasteiger partial charge >= 0.3 is 0 Å². The van der Waals surface area contributed by atoms with Gasteiger partial charge in [-0.1, -0.05) is 19.9 Å². The Morgan fingerprint density at radius 2 is 1.90 bits per heavy atom. The Hall–Kier alpha value is -1.00. The van der Waals surface area contributed by atoms with Gasteiger partial charge in [0.25, 0.3) is 0 Å². The Bertz CT molecular complexity index is 479. The maximum absolute atomic E-state index is 13.9. The summed E-state index contributed by atoms with van der Waals surface area (Å²) in [4.78, 5) is 2.29. The fourth-order valence-corrected chi connectivity index (χ4v) is 3.31. The normalized spacial score (nSPS) is 27.3. The van der Waals surface area contributed by atoms with Crippen molar-refractivity contribution in [1.82, 2.24) is 10.2 Å². The van der Waals surface area contributed by atoms with Crippen LogP contribution in [0, 0.1) is 23.5 Å². The molecule has 0 spiro atoms. The molecule has 1 aromatic rings. The Balaban J connectivity index is 1.78. The second-order valence-electron chi connectivity index (χ2n) is 6.79. The minimum Gasteiger partial charge on any atom is -0.311 e. The van der Waals surface area contributed by atoms with Crippen LogP contribution in [0.25, 0.3) is 0 Å². The first-order valence-electron chi connectivity index (χ1n) is 7.96. The first-order valence-corrected chi connectivity index (χ1v) is 7.96. The van der Waals surface area contributed by atoms with Crippen LogP contribution in [0.2, 0.25) is 0 Å². The number of nitrogens with zero attached hydrogens (tertiary/aromatic N) is 1. The van der Waals surface area contributed by atoms with E-state index in [-0.39, 0.29) is 5.56 Å². The Morgan fingerprint density at radius 3 is 2.48 bits per heavy atom. The molecule has 1 heterocycles. The summed E-state index contributed by atoms with van der Waals surface area (Å²) in [6, 6.07) is 4.95. The molecule has 1 aliphatic carbocycles. The fraction of sp³-hybridized carbons (Fsp3) is 0.647. The summed E-state index contributed by atoms with van der Waals surface area (Å²) in [5, 5.41) is 3.61. The number of halogens is 2. The van der Waals surface area contributed by atoms with Crippen molar-refractivity contribution in [2.24, 2.45) is 11.8 Å².